The minimum atomic E-state index is -0.355. The maximum absolute atomic E-state index is 12.1. The van der Waals surface area contributed by atoms with E-state index in [4.69, 9.17) is 0 Å². The number of nitrogens with zero attached hydrogens (tertiary/aromatic N) is 2. The third kappa shape index (κ3) is 4.39. The molecule has 2 aromatic rings. The van der Waals surface area contributed by atoms with Gasteiger partial charge in [-0.1, -0.05) is 19.1 Å². The first kappa shape index (κ1) is 15.2. The predicted octanol–water partition coefficient (Wildman–Crippen LogP) is 1.61. The molecule has 0 radical (unpaired) electrons. The van der Waals surface area contributed by atoms with Gasteiger partial charge in [0.15, 0.2) is 5.82 Å². The van der Waals surface area contributed by atoms with Gasteiger partial charge in [-0.2, -0.15) is 5.10 Å². The Balaban J connectivity index is 1.98. The number of aliphatic hydroxyl groups is 1. The van der Waals surface area contributed by atoms with Crippen molar-refractivity contribution in [1.29, 1.82) is 0 Å². The standard InChI is InChI=1S/C15H20N4O2/c1-10(6-11(2)20)8-16-15(21)13-5-3-4-12(7-13)14-17-9-18-19-14/h3-5,7,9-11,20H,6,8H2,1-2H3,(H,16,21)(H,17,18,19). The molecule has 0 saturated carbocycles. The van der Waals surface area contributed by atoms with Crippen molar-refractivity contribution in [3.05, 3.63) is 36.2 Å². The second-order valence-electron chi connectivity index (χ2n) is 5.31. The Labute approximate surface area is 123 Å². The molecule has 2 atom stereocenters. The van der Waals surface area contributed by atoms with Crippen LogP contribution in [0, 0.1) is 5.92 Å². The molecule has 0 fully saturated rings. The van der Waals surface area contributed by atoms with Gasteiger partial charge in [0.2, 0.25) is 0 Å². The molecular weight excluding hydrogens is 268 g/mol. The van der Waals surface area contributed by atoms with Crippen LogP contribution in [0.15, 0.2) is 30.6 Å². The lowest BCUT2D eigenvalue weighted by Crippen LogP contribution is -2.29. The highest BCUT2D eigenvalue weighted by molar-refractivity contribution is 5.95. The zero-order chi connectivity index (χ0) is 15.2. The van der Waals surface area contributed by atoms with Crippen molar-refractivity contribution < 1.29 is 9.90 Å². The summed E-state index contributed by atoms with van der Waals surface area (Å²) in [7, 11) is 0. The van der Waals surface area contributed by atoms with Crippen LogP contribution in [0.3, 0.4) is 0 Å². The topological polar surface area (TPSA) is 90.9 Å². The molecule has 6 nitrogen and oxygen atoms in total. The number of carbonyl (C=O) groups is 1. The van der Waals surface area contributed by atoms with Crippen LogP contribution < -0.4 is 5.32 Å². The van der Waals surface area contributed by atoms with Gasteiger partial charge in [0, 0.05) is 17.7 Å². The van der Waals surface area contributed by atoms with Gasteiger partial charge < -0.3 is 10.4 Å². The van der Waals surface area contributed by atoms with Gasteiger partial charge in [0.1, 0.15) is 6.33 Å². The first-order valence-electron chi connectivity index (χ1n) is 6.98. The van der Waals surface area contributed by atoms with Crippen LogP contribution in [-0.2, 0) is 0 Å². The summed E-state index contributed by atoms with van der Waals surface area (Å²) >= 11 is 0. The second kappa shape index (κ2) is 6.99. The number of hydrogen-bond acceptors (Lipinski definition) is 4. The van der Waals surface area contributed by atoms with E-state index in [-0.39, 0.29) is 17.9 Å². The van der Waals surface area contributed by atoms with E-state index in [9.17, 15) is 9.90 Å². The molecule has 1 aromatic heterocycles. The Bertz CT molecular complexity index is 581. The molecule has 112 valence electrons. The fourth-order valence-corrected chi connectivity index (χ4v) is 2.19. The molecular formula is C15H20N4O2. The molecule has 1 amide bonds. The second-order valence-corrected chi connectivity index (χ2v) is 5.31. The third-order valence-electron chi connectivity index (χ3n) is 3.17. The van der Waals surface area contributed by atoms with E-state index in [1.807, 2.05) is 19.1 Å². The van der Waals surface area contributed by atoms with E-state index in [2.05, 4.69) is 20.5 Å². The molecule has 6 heteroatoms. The lowest BCUT2D eigenvalue weighted by Gasteiger charge is -2.14. The van der Waals surface area contributed by atoms with E-state index in [1.54, 1.807) is 19.1 Å². The Morgan fingerprint density at radius 1 is 1.43 bits per heavy atom. The van der Waals surface area contributed by atoms with Crippen LogP contribution in [0.25, 0.3) is 11.4 Å². The van der Waals surface area contributed by atoms with Crippen molar-refractivity contribution in [3.63, 3.8) is 0 Å². The number of aromatic amines is 1. The SMILES string of the molecule is CC(O)CC(C)CNC(=O)c1cccc(-c2ncn[nH]2)c1. The predicted molar refractivity (Wildman–Crippen MR) is 79.6 cm³/mol. The maximum Gasteiger partial charge on any atom is 0.251 e. The smallest absolute Gasteiger partial charge is 0.251 e. The quantitative estimate of drug-likeness (QED) is 0.753. The maximum atomic E-state index is 12.1. The Morgan fingerprint density at radius 3 is 2.90 bits per heavy atom. The molecule has 2 rings (SSSR count). The van der Waals surface area contributed by atoms with E-state index < -0.39 is 0 Å². The molecule has 1 heterocycles. The van der Waals surface area contributed by atoms with E-state index >= 15 is 0 Å². The fourth-order valence-electron chi connectivity index (χ4n) is 2.19. The Kier molecular flexibility index (Phi) is 5.05. The average Bonchev–Trinajstić information content (AvgIpc) is 2.98. The molecule has 2 unspecified atom stereocenters. The fraction of sp³-hybridized carbons (Fsp3) is 0.400. The van der Waals surface area contributed by atoms with Crippen molar-refractivity contribution >= 4 is 5.91 Å². The largest absolute Gasteiger partial charge is 0.393 e. The number of benzene rings is 1. The first-order valence-corrected chi connectivity index (χ1v) is 6.98. The number of carbonyl (C=O) groups excluding carboxylic acids is 1. The number of hydrogen-bond donors (Lipinski definition) is 3. The van der Waals surface area contributed by atoms with E-state index in [0.717, 1.165) is 5.56 Å². The number of rotatable bonds is 6. The van der Waals surface area contributed by atoms with Gasteiger partial charge in [-0.05, 0) is 31.4 Å². The molecule has 3 N–H and O–H groups in total. The van der Waals surface area contributed by atoms with Crippen molar-refractivity contribution in [2.75, 3.05) is 6.54 Å². The lowest BCUT2D eigenvalue weighted by molar-refractivity contribution is 0.0939. The number of aromatic nitrogens is 3. The van der Waals surface area contributed by atoms with Gasteiger partial charge in [-0.3, -0.25) is 9.89 Å². The molecule has 0 bridgehead atoms. The van der Waals surface area contributed by atoms with Crippen LogP contribution in [0.2, 0.25) is 0 Å². The van der Waals surface area contributed by atoms with E-state index in [1.165, 1.54) is 6.33 Å². The minimum absolute atomic E-state index is 0.131. The van der Waals surface area contributed by atoms with Gasteiger partial charge in [0.25, 0.3) is 5.91 Å². The van der Waals surface area contributed by atoms with Crippen LogP contribution in [-0.4, -0.2) is 38.8 Å². The molecule has 0 saturated heterocycles. The highest BCUT2D eigenvalue weighted by Gasteiger charge is 2.11. The van der Waals surface area contributed by atoms with Crippen LogP contribution >= 0.6 is 0 Å². The number of amides is 1. The highest BCUT2D eigenvalue weighted by Crippen LogP contribution is 2.15. The van der Waals surface area contributed by atoms with Crippen molar-refractivity contribution in [1.82, 2.24) is 20.5 Å². The first-order chi connectivity index (χ1) is 10.1. The minimum Gasteiger partial charge on any atom is -0.393 e. The molecule has 0 spiro atoms. The summed E-state index contributed by atoms with van der Waals surface area (Å²) in [5.41, 5.74) is 1.39. The van der Waals surface area contributed by atoms with Gasteiger partial charge in [0.05, 0.1) is 6.10 Å². The van der Waals surface area contributed by atoms with Crippen LogP contribution in [0.4, 0.5) is 0 Å². The summed E-state index contributed by atoms with van der Waals surface area (Å²) in [5, 5.41) is 18.8. The van der Waals surface area contributed by atoms with Gasteiger partial charge in [-0.25, -0.2) is 4.98 Å². The normalized spacial score (nSPS) is 13.7. The summed E-state index contributed by atoms with van der Waals surface area (Å²) < 4.78 is 0. The van der Waals surface area contributed by atoms with Crippen molar-refractivity contribution in [2.45, 2.75) is 26.4 Å². The summed E-state index contributed by atoms with van der Waals surface area (Å²) in [6.07, 6.45) is 1.74. The summed E-state index contributed by atoms with van der Waals surface area (Å²) in [5.74, 6) is 0.729. The lowest BCUT2D eigenvalue weighted by atomic mass is 10.0. The van der Waals surface area contributed by atoms with Crippen LogP contribution in [0.5, 0.6) is 0 Å². The summed E-state index contributed by atoms with van der Waals surface area (Å²) in [4.78, 5) is 16.2. The number of nitrogens with one attached hydrogen (secondary N) is 2. The number of H-pyrrole nitrogens is 1. The Hall–Kier alpha value is -2.21. The zero-order valence-electron chi connectivity index (χ0n) is 12.2. The zero-order valence-corrected chi connectivity index (χ0v) is 12.2. The third-order valence-corrected chi connectivity index (χ3v) is 3.17. The monoisotopic (exact) mass is 288 g/mol. The average molecular weight is 288 g/mol. The van der Waals surface area contributed by atoms with Crippen LogP contribution in [0.1, 0.15) is 30.6 Å². The molecule has 1 aromatic carbocycles. The van der Waals surface area contributed by atoms with E-state index in [0.29, 0.717) is 24.4 Å². The molecule has 0 aliphatic carbocycles. The van der Waals surface area contributed by atoms with Crippen molar-refractivity contribution in [2.24, 2.45) is 5.92 Å². The van der Waals surface area contributed by atoms with Gasteiger partial charge in [-0.15, -0.1) is 0 Å². The van der Waals surface area contributed by atoms with Gasteiger partial charge >= 0.3 is 0 Å². The van der Waals surface area contributed by atoms with Crippen molar-refractivity contribution in [3.8, 4) is 11.4 Å². The number of aliphatic hydroxyl groups excluding tert-OH is 1. The summed E-state index contributed by atoms with van der Waals surface area (Å²) in [6, 6.07) is 7.21. The highest BCUT2D eigenvalue weighted by atomic mass is 16.3. The molecule has 0 aliphatic heterocycles. The molecule has 0 aliphatic rings. The summed E-state index contributed by atoms with van der Waals surface area (Å²) in [6.45, 7) is 4.29. The Morgan fingerprint density at radius 2 is 2.24 bits per heavy atom. The molecule has 21 heavy (non-hydrogen) atoms.